The predicted molar refractivity (Wildman–Crippen MR) is 110 cm³/mol. The molecule has 0 spiro atoms. The highest BCUT2D eigenvalue weighted by Gasteiger charge is 2.47. The molecule has 2 aliphatic rings. The number of sulfone groups is 1. The van der Waals surface area contributed by atoms with E-state index in [0.29, 0.717) is 16.6 Å². The summed E-state index contributed by atoms with van der Waals surface area (Å²) in [6, 6.07) is 12.2. The van der Waals surface area contributed by atoms with Crippen LogP contribution < -0.4 is 4.90 Å². The third-order valence-electron chi connectivity index (χ3n) is 5.16. The van der Waals surface area contributed by atoms with Crippen LogP contribution in [0.4, 0.5) is 10.1 Å². The topological polar surface area (TPSA) is 49.7 Å². The van der Waals surface area contributed by atoms with Crippen LogP contribution in [-0.2, 0) is 15.6 Å². The molecule has 0 radical (unpaired) electrons. The third kappa shape index (κ3) is 3.62. The van der Waals surface area contributed by atoms with Crippen LogP contribution in [0.15, 0.2) is 47.5 Å². The maximum Gasteiger partial charge on any atom is 0.164 e. The van der Waals surface area contributed by atoms with Gasteiger partial charge in [-0.1, -0.05) is 42.1 Å². The van der Waals surface area contributed by atoms with Gasteiger partial charge in [0.05, 0.1) is 29.3 Å². The molecule has 2 aromatic carbocycles. The van der Waals surface area contributed by atoms with Crippen molar-refractivity contribution in [2.45, 2.75) is 31.7 Å². The van der Waals surface area contributed by atoms with Crippen molar-refractivity contribution >= 4 is 32.5 Å². The highest BCUT2D eigenvalue weighted by Crippen LogP contribution is 2.37. The molecule has 0 bridgehead atoms. The van der Waals surface area contributed by atoms with Gasteiger partial charge in [0.2, 0.25) is 0 Å². The molecular weight excluding hydrogens is 383 g/mol. The summed E-state index contributed by atoms with van der Waals surface area (Å²) in [6.07, 6.45) is 0. The molecule has 1 saturated heterocycles. The number of nitrogens with zero attached hydrogens (tertiary/aromatic N) is 2. The average Bonchev–Trinajstić information content (AvgIpc) is 3.08. The summed E-state index contributed by atoms with van der Waals surface area (Å²) in [7, 11) is -3.14. The maximum absolute atomic E-state index is 14.5. The van der Waals surface area contributed by atoms with E-state index in [1.54, 1.807) is 23.1 Å². The lowest BCUT2D eigenvalue weighted by molar-refractivity contribution is 0.600. The Balaban J connectivity index is 1.63. The lowest BCUT2D eigenvalue weighted by Crippen LogP contribution is -2.39. The van der Waals surface area contributed by atoms with E-state index in [4.69, 9.17) is 0 Å². The summed E-state index contributed by atoms with van der Waals surface area (Å²) >= 11 is 1.53. The molecule has 4 rings (SSSR count). The van der Waals surface area contributed by atoms with E-state index in [0.717, 1.165) is 0 Å². The van der Waals surface area contributed by atoms with Gasteiger partial charge in [0, 0.05) is 5.75 Å². The monoisotopic (exact) mass is 404 g/mol. The second-order valence-electron chi connectivity index (χ2n) is 7.15. The number of rotatable bonds is 3. The zero-order chi connectivity index (χ0) is 19.2. The van der Waals surface area contributed by atoms with Gasteiger partial charge in [0.25, 0.3) is 0 Å². The number of thioether (sulfide) groups is 1. The fraction of sp³-hybridized carbons (Fsp3) is 0.350. The summed E-state index contributed by atoms with van der Waals surface area (Å²) in [4.78, 5) is 6.45. The lowest BCUT2D eigenvalue weighted by Gasteiger charge is -2.26. The summed E-state index contributed by atoms with van der Waals surface area (Å²) in [5, 5.41) is 0.697. The van der Waals surface area contributed by atoms with Crippen LogP contribution >= 0.6 is 11.8 Å². The van der Waals surface area contributed by atoms with E-state index in [1.165, 1.54) is 34.5 Å². The zero-order valence-corrected chi connectivity index (χ0v) is 16.9. The smallest absolute Gasteiger partial charge is 0.164 e. The molecule has 0 amide bonds. The predicted octanol–water partition coefficient (Wildman–Crippen LogP) is 3.72. The van der Waals surface area contributed by atoms with Crippen LogP contribution in [0.1, 0.15) is 16.7 Å². The van der Waals surface area contributed by atoms with Crippen LogP contribution in [-0.4, -0.2) is 37.2 Å². The minimum atomic E-state index is -3.14. The number of hydrogen-bond acceptors (Lipinski definition) is 5. The molecule has 2 unspecified atom stereocenters. The second-order valence-corrected chi connectivity index (χ2v) is 10.2. The van der Waals surface area contributed by atoms with Crippen LogP contribution in [0.5, 0.6) is 0 Å². The Labute approximate surface area is 163 Å². The third-order valence-corrected chi connectivity index (χ3v) is 7.90. The summed E-state index contributed by atoms with van der Waals surface area (Å²) in [6.45, 7) is 4.16. The number of benzene rings is 2. The van der Waals surface area contributed by atoms with Crippen molar-refractivity contribution in [1.29, 1.82) is 0 Å². The molecule has 0 aliphatic carbocycles. The van der Waals surface area contributed by atoms with Crippen molar-refractivity contribution in [2.75, 3.05) is 16.4 Å². The van der Waals surface area contributed by atoms with E-state index in [-0.39, 0.29) is 29.4 Å². The Morgan fingerprint density at radius 1 is 1.15 bits per heavy atom. The van der Waals surface area contributed by atoms with Crippen LogP contribution in [0.3, 0.4) is 0 Å². The molecule has 4 nitrogen and oxygen atoms in total. The van der Waals surface area contributed by atoms with Gasteiger partial charge in [0.15, 0.2) is 15.0 Å². The van der Waals surface area contributed by atoms with E-state index in [2.05, 4.69) is 37.0 Å². The van der Waals surface area contributed by atoms with Crippen molar-refractivity contribution in [3.63, 3.8) is 0 Å². The van der Waals surface area contributed by atoms with Crippen molar-refractivity contribution in [1.82, 2.24) is 0 Å². The standard InChI is InChI=1S/C20H21FN2O2S2/c1-13-7-8-15(9-14(13)2)10-26-20-22-17-11-27(24,25)12-19(17)23(20)18-6-4-3-5-16(18)21/h3-9,17,19H,10-12H2,1-2H3. The number of aryl methyl sites for hydroxylation is 2. The van der Waals surface area contributed by atoms with E-state index in [9.17, 15) is 12.8 Å². The van der Waals surface area contributed by atoms with Crippen LogP contribution in [0.2, 0.25) is 0 Å². The average molecular weight is 405 g/mol. The fourth-order valence-corrected chi connectivity index (χ4v) is 6.51. The number of anilines is 1. The van der Waals surface area contributed by atoms with Crippen molar-refractivity contribution < 1.29 is 12.8 Å². The maximum atomic E-state index is 14.5. The quantitative estimate of drug-likeness (QED) is 0.782. The van der Waals surface area contributed by atoms with E-state index in [1.807, 2.05) is 0 Å². The lowest BCUT2D eigenvalue weighted by atomic mass is 10.1. The van der Waals surface area contributed by atoms with Crippen LogP contribution in [0, 0.1) is 19.7 Å². The van der Waals surface area contributed by atoms with Gasteiger partial charge in [-0.15, -0.1) is 0 Å². The molecule has 2 aromatic rings. The zero-order valence-electron chi connectivity index (χ0n) is 15.2. The number of fused-ring (bicyclic) bond motifs is 1. The normalized spacial score (nSPS) is 23.4. The molecular formula is C20H21FN2O2S2. The molecule has 7 heteroatoms. The number of halogens is 1. The van der Waals surface area contributed by atoms with Gasteiger partial charge in [-0.3, -0.25) is 4.99 Å². The minimum absolute atomic E-state index is 0.0171. The molecule has 2 atom stereocenters. The minimum Gasteiger partial charge on any atom is -0.312 e. The molecule has 142 valence electrons. The highest BCUT2D eigenvalue weighted by atomic mass is 32.2. The molecule has 0 saturated carbocycles. The fourth-order valence-electron chi connectivity index (χ4n) is 3.60. The summed E-state index contributed by atoms with van der Waals surface area (Å²) < 4.78 is 38.6. The molecule has 1 fully saturated rings. The molecule has 2 heterocycles. The Bertz CT molecular complexity index is 1020. The van der Waals surface area contributed by atoms with Gasteiger partial charge >= 0.3 is 0 Å². The Hall–Kier alpha value is -1.86. The number of para-hydroxylation sites is 1. The van der Waals surface area contributed by atoms with Gasteiger partial charge in [0.1, 0.15) is 5.82 Å². The van der Waals surface area contributed by atoms with Gasteiger partial charge in [-0.05, 0) is 42.7 Å². The Kier molecular flexibility index (Phi) is 4.76. The van der Waals surface area contributed by atoms with Gasteiger partial charge in [-0.25, -0.2) is 12.8 Å². The van der Waals surface area contributed by atoms with E-state index < -0.39 is 9.84 Å². The number of hydrogen-bond donors (Lipinski definition) is 0. The van der Waals surface area contributed by atoms with Crippen molar-refractivity contribution in [3.8, 4) is 0 Å². The summed E-state index contributed by atoms with van der Waals surface area (Å²) in [5.74, 6) is 0.401. The molecule has 0 aromatic heterocycles. The molecule has 0 N–H and O–H groups in total. The van der Waals surface area contributed by atoms with Crippen molar-refractivity contribution in [3.05, 3.63) is 65.0 Å². The van der Waals surface area contributed by atoms with Crippen LogP contribution in [0.25, 0.3) is 0 Å². The largest absolute Gasteiger partial charge is 0.312 e. The van der Waals surface area contributed by atoms with Crippen molar-refractivity contribution in [2.24, 2.45) is 4.99 Å². The highest BCUT2D eigenvalue weighted by molar-refractivity contribution is 8.13. The molecule has 2 aliphatic heterocycles. The SMILES string of the molecule is Cc1ccc(CSC2=NC3CS(=O)(=O)CC3N2c2ccccc2F)cc1C. The second kappa shape index (κ2) is 6.95. The first kappa shape index (κ1) is 18.5. The Morgan fingerprint density at radius 2 is 1.93 bits per heavy atom. The number of amidine groups is 1. The van der Waals surface area contributed by atoms with Gasteiger partial charge in [-0.2, -0.15) is 0 Å². The first-order valence-electron chi connectivity index (χ1n) is 8.85. The van der Waals surface area contributed by atoms with E-state index >= 15 is 0 Å². The summed E-state index contributed by atoms with van der Waals surface area (Å²) in [5.41, 5.74) is 4.04. The first-order valence-corrected chi connectivity index (χ1v) is 11.7. The first-order chi connectivity index (χ1) is 12.8. The van der Waals surface area contributed by atoms with Gasteiger partial charge < -0.3 is 4.90 Å². The number of aliphatic imine (C=N–C) groups is 1. The Morgan fingerprint density at radius 3 is 2.67 bits per heavy atom. The molecule has 27 heavy (non-hydrogen) atoms.